The van der Waals surface area contributed by atoms with Gasteiger partial charge in [0.25, 0.3) is 0 Å². The molecule has 0 aliphatic carbocycles. The number of phenolic OH excluding ortho intramolecular Hbond substituents is 1. The second-order valence-corrected chi connectivity index (χ2v) is 7.65. The number of carboxylic acid groups (broad SMARTS) is 1. The fraction of sp³-hybridized carbons (Fsp3) is 0.364. The van der Waals surface area contributed by atoms with Crippen LogP contribution in [0.1, 0.15) is 59.4 Å². The summed E-state index contributed by atoms with van der Waals surface area (Å²) in [6.45, 7) is 3.97. The van der Waals surface area contributed by atoms with Crippen molar-refractivity contribution in [3.8, 4) is 11.5 Å². The Morgan fingerprint density at radius 3 is 2.61 bits per heavy atom. The summed E-state index contributed by atoms with van der Waals surface area (Å²) in [6.07, 6.45) is 3.25. The van der Waals surface area contributed by atoms with E-state index in [0.29, 0.717) is 35.5 Å². The smallest absolute Gasteiger partial charge is 0.335 e. The number of thioether (sulfide) groups is 1. The van der Waals surface area contributed by atoms with Crippen LogP contribution in [0.3, 0.4) is 0 Å². The van der Waals surface area contributed by atoms with E-state index in [1.54, 1.807) is 42.1 Å². The van der Waals surface area contributed by atoms with Gasteiger partial charge in [-0.2, -0.15) is 0 Å². The van der Waals surface area contributed by atoms with Crippen molar-refractivity contribution in [3.05, 3.63) is 53.1 Å². The van der Waals surface area contributed by atoms with Gasteiger partial charge in [0.1, 0.15) is 11.5 Å². The Hall–Kier alpha value is -2.47. The van der Waals surface area contributed by atoms with Crippen LogP contribution in [0.15, 0.2) is 41.3 Å². The standard InChI is InChI=1S/C22H26O5S/c1-3-7-19-20(11-10-18(15(2)23)21(19)24)27-12-4-5-13-28-17-9-6-8-16(14-17)22(25)26/h6,8-11,14,24H,3-5,7,12-13H2,1-2H3,(H,25,26). The Morgan fingerprint density at radius 1 is 1.14 bits per heavy atom. The number of carboxylic acids is 1. The van der Waals surface area contributed by atoms with Gasteiger partial charge in [-0.15, -0.1) is 11.8 Å². The third-order valence-corrected chi connectivity index (χ3v) is 5.35. The van der Waals surface area contributed by atoms with E-state index in [4.69, 9.17) is 9.84 Å². The number of Topliss-reactive ketones (excluding diaryl/α,β-unsaturated/α-hetero) is 1. The largest absolute Gasteiger partial charge is 0.507 e. The molecule has 2 N–H and O–H groups in total. The molecular formula is C22H26O5S. The zero-order chi connectivity index (χ0) is 20.5. The summed E-state index contributed by atoms with van der Waals surface area (Å²) in [5.41, 5.74) is 1.32. The van der Waals surface area contributed by atoms with E-state index in [2.05, 4.69) is 0 Å². The third-order valence-electron chi connectivity index (χ3n) is 4.27. The number of unbranched alkanes of at least 4 members (excludes halogenated alkanes) is 1. The van der Waals surface area contributed by atoms with E-state index < -0.39 is 5.97 Å². The van der Waals surface area contributed by atoms with E-state index >= 15 is 0 Å². The molecule has 150 valence electrons. The Labute approximate surface area is 169 Å². The van der Waals surface area contributed by atoms with Crippen LogP contribution >= 0.6 is 11.8 Å². The molecule has 0 aliphatic heterocycles. The Kier molecular flexibility index (Phi) is 8.39. The lowest BCUT2D eigenvalue weighted by atomic mass is 10.0. The molecule has 0 unspecified atom stereocenters. The Balaban J connectivity index is 1.83. The topological polar surface area (TPSA) is 83.8 Å². The number of phenols is 1. The first-order valence-electron chi connectivity index (χ1n) is 9.38. The van der Waals surface area contributed by atoms with Crippen molar-refractivity contribution in [1.29, 1.82) is 0 Å². The molecule has 0 saturated carbocycles. The van der Waals surface area contributed by atoms with Crippen molar-refractivity contribution in [2.24, 2.45) is 0 Å². The summed E-state index contributed by atoms with van der Waals surface area (Å²) in [5, 5.41) is 19.4. The predicted molar refractivity (Wildman–Crippen MR) is 111 cm³/mol. The summed E-state index contributed by atoms with van der Waals surface area (Å²) in [4.78, 5) is 23.5. The molecule has 5 nitrogen and oxygen atoms in total. The summed E-state index contributed by atoms with van der Waals surface area (Å²) in [5.74, 6) is 0.443. The van der Waals surface area contributed by atoms with Crippen LogP contribution in [0.5, 0.6) is 11.5 Å². The fourth-order valence-corrected chi connectivity index (χ4v) is 3.79. The molecular weight excluding hydrogens is 376 g/mol. The molecule has 0 aliphatic rings. The van der Waals surface area contributed by atoms with Crippen LogP contribution in [0.25, 0.3) is 0 Å². The number of carbonyl (C=O) groups excluding carboxylic acids is 1. The monoisotopic (exact) mass is 402 g/mol. The number of aromatic carboxylic acids is 1. The molecule has 2 aromatic rings. The maximum Gasteiger partial charge on any atom is 0.335 e. The lowest BCUT2D eigenvalue weighted by Crippen LogP contribution is -2.04. The molecule has 6 heteroatoms. The van der Waals surface area contributed by atoms with Crippen molar-refractivity contribution in [3.63, 3.8) is 0 Å². The molecule has 0 heterocycles. The molecule has 0 saturated heterocycles. The molecule has 0 spiro atoms. The van der Waals surface area contributed by atoms with E-state index in [9.17, 15) is 14.7 Å². The maximum atomic E-state index is 11.6. The molecule has 0 aromatic heterocycles. The van der Waals surface area contributed by atoms with Gasteiger partial charge in [0.2, 0.25) is 0 Å². The Bertz CT molecular complexity index is 832. The van der Waals surface area contributed by atoms with Crippen molar-refractivity contribution >= 4 is 23.5 Å². The molecule has 0 amide bonds. The lowest BCUT2D eigenvalue weighted by Gasteiger charge is -2.14. The second kappa shape index (κ2) is 10.8. The summed E-state index contributed by atoms with van der Waals surface area (Å²) in [6, 6.07) is 10.3. The highest BCUT2D eigenvalue weighted by Crippen LogP contribution is 2.33. The highest BCUT2D eigenvalue weighted by molar-refractivity contribution is 7.99. The van der Waals surface area contributed by atoms with Gasteiger partial charge in [-0.05, 0) is 62.3 Å². The van der Waals surface area contributed by atoms with Crippen LogP contribution in [0.2, 0.25) is 0 Å². The van der Waals surface area contributed by atoms with E-state index in [1.165, 1.54) is 6.92 Å². The number of aromatic hydroxyl groups is 1. The molecule has 2 aromatic carbocycles. The number of ether oxygens (including phenoxy) is 1. The van der Waals surface area contributed by atoms with Crippen LogP contribution in [-0.2, 0) is 6.42 Å². The van der Waals surface area contributed by atoms with Gasteiger partial charge < -0.3 is 14.9 Å². The highest BCUT2D eigenvalue weighted by atomic mass is 32.2. The van der Waals surface area contributed by atoms with Gasteiger partial charge in [0.05, 0.1) is 17.7 Å². The van der Waals surface area contributed by atoms with Gasteiger partial charge in [-0.25, -0.2) is 4.79 Å². The summed E-state index contributed by atoms with van der Waals surface area (Å²) in [7, 11) is 0. The number of hydrogen-bond acceptors (Lipinski definition) is 5. The lowest BCUT2D eigenvalue weighted by molar-refractivity contribution is 0.0696. The number of rotatable bonds is 11. The van der Waals surface area contributed by atoms with E-state index in [-0.39, 0.29) is 11.5 Å². The fourth-order valence-electron chi connectivity index (χ4n) is 2.82. The van der Waals surface area contributed by atoms with Crippen LogP contribution in [0.4, 0.5) is 0 Å². The third kappa shape index (κ3) is 6.02. The molecule has 28 heavy (non-hydrogen) atoms. The number of carbonyl (C=O) groups is 2. The minimum atomic E-state index is -0.919. The zero-order valence-corrected chi connectivity index (χ0v) is 17.1. The SMILES string of the molecule is CCCc1c(OCCCCSc2cccc(C(=O)O)c2)ccc(C(C)=O)c1O. The minimum Gasteiger partial charge on any atom is -0.507 e. The predicted octanol–water partition coefficient (Wildman–Crippen LogP) is 5.20. The van der Waals surface area contributed by atoms with Crippen molar-refractivity contribution < 1.29 is 24.5 Å². The molecule has 0 radical (unpaired) electrons. The first-order valence-corrected chi connectivity index (χ1v) is 10.4. The highest BCUT2D eigenvalue weighted by Gasteiger charge is 2.15. The molecule has 0 fully saturated rings. The van der Waals surface area contributed by atoms with Crippen LogP contribution in [-0.4, -0.2) is 34.3 Å². The molecule has 0 bridgehead atoms. The van der Waals surface area contributed by atoms with Gasteiger partial charge in [-0.1, -0.05) is 19.4 Å². The van der Waals surface area contributed by atoms with E-state index in [0.717, 1.165) is 29.9 Å². The number of ketones is 1. The quantitative estimate of drug-likeness (QED) is 0.305. The van der Waals surface area contributed by atoms with Crippen molar-refractivity contribution in [1.82, 2.24) is 0 Å². The zero-order valence-electron chi connectivity index (χ0n) is 16.2. The normalized spacial score (nSPS) is 10.6. The van der Waals surface area contributed by atoms with Gasteiger partial charge in [0, 0.05) is 10.5 Å². The number of benzene rings is 2. The van der Waals surface area contributed by atoms with Crippen LogP contribution in [0, 0.1) is 0 Å². The average Bonchev–Trinajstić information content (AvgIpc) is 2.67. The van der Waals surface area contributed by atoms with Gasteiger partial charge >= 0.3 is 5.97 Å². The van der Waals surface area contributed by atoms with Crippen molar-refractivity contribution in [2.45, 2.75) is 44.4 Å². The first-order chi connectivity index (χ1) is 13.4. The molecule has 0 atom stereocenters. The minimum absolute atomic E-state index is 0.0284. The summed E-state index contributed by atoms with van der Waals surface area (Å²) < 4.78 is 5.85. The maximum absolute atomic E-state index is 11.6. The van der Waals surface area contributed by atoms with Crippen molar-refractivity contribution in [2.75, 3.05) is 12.4 Å². The number of hydrogen-bond donors (Lipinski definition) is 2. The van der Waals surface area contributed by atoms with Crippen LogP contribution < -0.4 is 4.74 Å². The molecule has 2 rings (SSSR count). The summed E-state index contributed by atoms with van der Waals surface area (Å²) >= 11 is 1.62. The van der Waals surface area contributed by atoms with E-state index in [1.807, 2.05) is 13.0 Å². The average molecular weight is 403 g/mol. The first kappa shape index (κ1) is 21.8. The Morgan fingerprint density at radius 2 is 1.93 bits per heavy atom. The van der Waals surface area contributed by atoms with Gasteiger partial charge in [-0.3, -0.25) is 4.79 Å². The van der Waals surface area contributed by atoms with Gasteiger partial charge in [0.15, 0.2) is 5.78 Å². The second-order valence-electron chi connectivity index (χ2n) is 6.48.